The third-order valence-corrected chi connectivity index (χ3v) is 6.13. The number of pyridine rings is 1. The summed E-state index contributed by atoms with van der Waals surface area (Å²) in [7, 11) is 0. The topological polar surface area (TPSA) is 76.9 Å². The maximum Gasteiger partial charge on any atom is 0.263 e. The van der Waals surface area contributed by atoms with Gasteiger partial charge in [0.25, 0.3) is 5.56 Å². The quantitative estimate of drug-likeness (QED) is 0.657. The zero-order valence-electron chi connectivity index (χ0n) is 16.6. The summed E-state index contributed by atoms with van der Waals surface area (Å²) in [5.41, 5.74) is 3.44. The fourth-order valence-electron chi connectivity index (χ4n) is 3.69. The summed E-state index contributed by atoms with van der Waals surface area (Å²) in [5.74, 6) is 0.373. The van der Waals surface area contributed by atoms with Crippen LogP contribution < -0.4 is 10.9 Å². The molecule has 0 fully saturated rings. The summed E-state index contributed by atoms with van der Waals surface area (Å²) >= 11 is 1.68. The summed E-state index contributed by atoms with van der Waals surface area (Å²) in [4.78, 5) is 35.3. The second kappa shape index (κ2) is 8.37. The van der Waals surface area contributed by atoms with Crippen LogP contribution in [0.25, 0.3) is 11.0 Å². The number of aromatic nitrogens is 3. The Labute approximate surface area is 173 Å². The first-order chi connectivity index (χ1) is 14.0. The second-order valence-corrected chi connectivity index (χ2v) is 8.50. The van der Waals surface area contributed by atoms with Crippen molar-refractivity contribution in [1.29, 1.82) is 0 Å². The van der Waals surface area contributed by atoms with Crippen molar-refractivity contribution >= 4 is 28.7 Å². The van der Waals surface area contributed by atoms with Crippen LogP contribution in [0.5, 0.6) is 0 Å². The van der Waals surface area contributed by atoms with Crippen LogP contribution in [0.1, 0.15) is 30.2 Å². The molecule has 4 rings (SSSR count). The number of benzene rings is 1. The second-order valence-electron chi connectivity index (χ2n) is 7.62. The van der Waals surface area contributed by atoms with Crippen molar-refractivity contribution in [1.82, 2.24) is 19.9 Å². The zero-order valence-corrected chi connectivity index (χ0v) is 17.5. The molecule has 0 saturated carbocycles. The summed E-state index contributed by atoms with van der Waals surface area (Å²) in [6.07, 6.45) is 6.42. The van der Waals surface area contributed by atoms with E-state index in [-0.39, 0.29) is 18.0 Å². The smallest absolute Gasteiger partial charge is 0.263 e. The van der Waals surface area contributed by atoms with E-state index in [4.69, 9.17) is 0 Å². The van der Waals surface area contributed by atoms with Gasteiger partial charge >= 0.3 is 0 Å². The summed E-state index contributed by atoms with van der Waals surface area (Å²) in [6, 6.07) is 9.96. The predicted molar refractivity (Wildman–Crippen MR) is 115 cm³/mol. The molecule has 6 nitrogen and oxygen atoms in total. The minimum atomic E-state index is -0.221. The average Bonchev–Trinajstić information content (AvgIpc) is 2.73. The van der Waals surface area contributed by atoms with Crippen molar-refractivity contribution < 1.29 is 4.79 Å². The molecule has 0 aliphatic heterocycles. The van der Waals surface area contributed by atoms with Crippen molar-refractivity contribution in [2.24, 2.45) is 5.92 Å². The number of fused-ring (bicyclic) bond motifs is 2. The summed E-state index contributed by atoms with van der Waals surface area (Å²) < 4.78 is 1.36. The molecule has 7 heteroatoms. The lowest BCUT2D eigenvalue weighted by Crippen LogP contribution is -2.32. The Morgan fingerprint density at radius 1 is 1.31 bits per heavy atom. The highest BCUT2D eigenvalue weighted by Crippen LogP contribution is 2.25. The van der Waals surface area contributed by atoms with Gasteiger partial charge in [-0.05, 0) is 60.8 Å². The molecule has 0 unspecified atom stereocenters. The van der Waals surface area contributed by atoms with Gasteiger partial charge in [0, 0.05) is 17.1 Å². The predicted octanol–water partition coefficient (Wildman–Crippen LogP) is 2.95. The number of nitrogens with one attached hydrogen (secondary N) is 1. The van der Waals surface area contributed by atoms with Gasteiger partial charge in [-0.2, -0.15) is 0 Å². The van der Waals surface area contributed by atoms with E-state index in [2.05, 4.69) is 22.2 Å². The maximum absolute atomic E-state index is 12.9. The Morgan fingerprint density at radius 3 is 2.86 bits per heavy atom. The van der Waals surface area contributed by atoms with Gasteiger partial charge in [-0.3, -0.25) is 14.2 Å². The SMILES string of the molecule is CSc1ccc(CNC(=O)Cn2cnc3nc4c(cc3c2=O)C[C@H](C)CC4)cc1. The molecule has 1 amide bonds. The number of amides is 1. The van der Waals surface area contributed by atoms with Crippen molar-refractivity contribution in [3.63, 3.8) is 0 Å². The van der Waals surface area contributed by atoms with Crippen LogP contribution in [-0.4, -0.2) is 26.7 Å². The van der Waals surface area contributed by atoms with Crippen molar-refractivity contribution in [3.05, 3.63) is 63.8 Å². The lowest BCUT2D eigenvalue weighted by Gasteiger charge is -2.20. The molecule has 1 aliphatic carbocycles. The number of hydrogen-bond donors (Lipinski definition) is 1. The molecule has 1 N–H and O–H groups in total. The lowest BCUT2D eigenvalue weighted by atomic mass is 9.87. The third-order valence-electron chi connectivity index (χ3n) is 5.39. The number of carbonyl (C=O) groups excluding carboxylic acids is 1. The highest BCUT2D eigenvalue weighted by atomic mass is 32.2. The molecule has 0 saturated heterocycles. The fraction of sp³-hybridized carbons (Fsp3) is 0.364. The van der Waals surface area contributed by atoms with Gasteiger partial charge in [0.1, 0.15) is 12.9 Å². The van der Waals surface area contributed by atoms with Gasteiger partial charge in [0.05, 0.1) is 5.39 Å². The largest absolute Gasteiger partial charge is 0.350 e. The van der Waals surface area contributed by atoms with Crippen LogP contribution >= 0.6 is 11.8 Å². The first-order valence-electron chi connectivity index (χ1n) is 9.81. The Morgan fingerprint density at radius 2 is 2.10 bits per heavy atom. The molecule has 2 heterocycles. The molecule has 1 aliphatic rings. The van der Waals surface area contributed by atoms with E-state index in [1.54, 1.807) is 11.8 Å². The first-order valence-corrected chi connectivity index (χ1v) is 11.0. The Bertz CT molecular complexity index is 1110. The van der Waals surface area contributed by atoms with Crippen LogP contribution in [-0.2, 0) is 30.7 Å². The van der Waals surface area contributed by atoms with Crippen molar-refractivity contribution in [2.75, 3.05) is 6.26 Å². The van der Waals surface area contributed by atoms with E-state index in [9.17, 15) is 9.59 Å². The molecular formula is C22H24N4O2S. The summed E-state index contributed by atoms with van der Waals surface area (Å²) in [5, 5.41) is 3.35. The van der Waals surface area contributed by atoms with Gasteiger partial charge in [0.15, 0.2) is 5.65 Å². The first kappa shape index (κ1) is 19.6. The fourth-order valence-corrected chi connectivity index (χ4v) is 4.10. The number of nitrogens with zero attached hydrogens (tertiary/aromatic N) is 3. The number of carbonyl (C=O) groups is 1. The lowest BCUT2D eigenvalue weighted by molar-refractivity contribution is -0.121. The normalized spacial score (nSPS) is 15.9. The monoisotopic (exact) mass is 408 g/mol. The van der Waals surface area contributed by atoms with Crippen LogP contribution in [0.15, 0.2) is 46.3 Å². The van der Waals surface area contributed by atoms with Crippen molar-refractivity contribution in [2.45, 2.75) is 44.2 Å². The van der Waals surface area contributed by atoms with Gasteiger partial charge in [-0.1, -0.05) is 19.1 Å². The molecule has 150 valence electrons. The molecule has 0 radical (unpaired) electrons. The Kier molecular flexibility index (Phi) is 5.67. The number of thioether (sulfide) groups is 1. The van der Waals surface area contributed by atoms with E-state index in [1.807, 2.05) is 36.6 Å². The highest BCUT2D eigenvalue weighted by Gasteiger charge is 2.19. The van der Waals surface area contributed by atoms with Gasteiger partial charge in [0.2, 0.25) is 5.91 Å². The van der Waals surface area contributed by atoms with Crippen molar-refractivity contribution in [3.8, 4) is 0 Å². The van der Waals surface area contributed by atoms with Gasteiger partial charge < -0.3 is 5.32 Å². The molecule has 1 atom stereocenters. The Balaban J connectivity index is 1.49. The van der Waals surface area contributed by atoms with Crippen LogP contribution in [0, 0.1) is 5.92 Å². The third kappa shape index (κ3) is 4.34. The van der Waals surface area contributed by atoms with Gasteiger partial charge in [-0.25, -0.2) is 9.97 Å². The molecule has 29 heavy (non-hydrogen) atoms. The van der Waals surface area contributed by atoms with E-state index in [1.165, 1.54) is 15.8 Å². The zero-order chi connectivity index (χ0) is 20.4. The summed E-state index contributed by atoms with van der Waals surface area (Å²) in [6.45, 7) is 2.59. The number of rotatable bonds is 5. The number of hydrogen-bond acceptors (Lipinski definition) is 5. The molecule has 0 bridgehead atoms. The molecule has 1 aromatic carbocycles. The Hall–Kier alpha value is -2.67. The van der Waals surface area contributed by atoms with Gasteiger partial charge in [-0.15, -0.1) is 11.8 Å². The van der Waals surface area contributed by atoms with E-state index in [0.29, 0.717) is 23.5 Å². The standard InChI is InChI=1S/C22H24N4O2S/c1-14-3-8-19-16(9-14)10-18-21(25-19)24-13-26(22(18)28)12-20(27)23-11-15-4-6-17(29-2)7-5-15/h4-7,10,13-14H,3,8-9,11-12H2,1-2H3,(H,23,27)/t14-/m1/s1. The van der Waals surface area contributed by atoms with E-state index in [0.717, 1.165) is 36.1 Å². The van der Waals surface area contributed by atoms with Crippen LogP contribution in [0.3, 0.4) is 0 Å². The molecule has 2 aromatic heterocycles. The average molecular weight is 409 g/mol. The highest BCUT2D eigenvalue weighted by molar-refractivity contribution is 7.98. The minimum Gasteiger partial charge on any atom is -0.350 e. The minimum absolute atomic E-state index is 0.0574. The van der Waals surface area contributed by atoms with Crippen LogP contribution in [0.2, 0.25) is 0 Å². The van der Waals surface area contributed by atoms with E-state index < -0.39 is 0 Å². The maximum atomic E-state index is 12.9. The number of aryl methyl sites for hydroxylation is 1. The molecular weight excluding hydrogens is 384 g/mol. The molecule has 0 spiro atoms. The van der Waals surface area contributed by atoms with E-state index >= 15 is 0 Å². The van der Waals surface area contributed by atoms with Crippen LogP contribution in [0.4, 0.5) is 0 Å². The molecule has 3 aromatic rings.